The van der Waals surface area contributed by atoms with Crippen molar-refractivity contribution in [1.82, 2.24) is 9.36 Å². The van der Waals surface area contributed by atoms with Gasteiger partial charge in [-0.25, -0.2) is 19.1 Å². The van der Waals surface area contributed by atoms with Gasteiger partial charge in [-0.3, -0.25) is 4.79 Å². The molecule has 0 spiro atoms. The van der Waals surface area contributed by atoms with Gasteiger partial charge in [0.15, 0.2) is 0 Å². The van der Waals surface area contributed by atoms with Crippen molar-refractivity contribution in [1.29, 1.82) is 0 Å². The van der Waals surface area contributed by atoms with Gasteiger partial charge in [0, 0.05) is 28.5 Å². The summed E-state index contributed by atoms with van der Waals surface area (Å²) in [7, 11) is 1.46. The number of pyridine rings is 1. The number of carbonyl (C=O) groups excluding carboxylic acids is 1. The van der Waals surface area contributed by atoms with Gasteiger partial charge in [-0.05, 0) is 53.8 Å². The van der Waals surface area contributed by atoms with Gasteiger partial charge in [0.05, 0.1) is 7.11 Å². The van der Waals surface area contributed by atoms with Crippen LogP contribution in [0.15, 0.2) is 42.7 Å². The highest BCUT2D eigenvalue weighted by Crippen LogP contribution is 2.29. The van der Waals surface area contributed by atoms with E-state index < -0.39 is 0 Å². The molecular formula is C18H16ClN3O3S. The Morgan fingerprint density at radius 2 is 2.12 bits per heavy atom. The number of aromatic nitrogens is 2. The first-order chi connectivity index (χ1) is 12.6. The third kappa shape index (κ3) is 4.25. The van der Waals surface area contributed by atoms with Crippen molar-refractivity contribution in [3.63, 3.8) is 0 Å². The maximum atomic E-state index is 12.2. The number of hydrogen-bond donors (Lipinski definition) is 1. The molecule has 134 valence electrons. The summed E-state index contributed by atoms with van der Waals surface area (Å²) in [5, 5.41) is 3.37. The molecule has 0 aliphatic heterocycles. The van der Waals surface area contributed by atoms with Crippen LogP contribution in [0.2, 0.25) is 5.02 Å². The number of hydrogen-bond acceptors (Lipinski definition) is 6. The van der Waals surface area contributed by atoms with Crippen molar-refractivity contribution in [2.75, 3.05) is 12.4 Å². The molecule has 1 N–H and O–H groups in total. The Kier molecular flexibility index (Phi) is 5.95. The fourth-order valence-corrected chi connectivity index (χ4v) is 3.19. The van der Waals surface area contributed by atoms with Crippen LogP contribution in [-0.2, 0) is 16.4 Å². The van der Waals surface area contributed by atoms with E-state index >= 15 is 0 Å². The molecule has 0 radical (unpaired) electrons. The first-order valence-corrected chi connectivity index (χ1v) is 8.86. The Morgan fingerprint density at radius 3 is 2.77 bits per heavy atom. The summed E-state index contributed by atoms with van der Waals surface area (Å²) in [5.74, 6) is 0.239. The molecular weight excluding hydrogens is 374 g/mol. The largest absolute Gasteiger partial charge is 0.306 e. The smallest absolute Gasteiger partial charge is 0.268 e. The van der Waals surface area contributed by atoms with Crippen molar-refractivity contribution in [3.8, 4) is 11.1 Å². The molecule has 0 aliphatic rings. The highest BCUT2D eigenvalue weighted by atomic mass is 35.5. The number of benzene rings is 1. The Balaban J connectivity index is 1.77. The monoisotopic (exact) mass is 389 g/mol. The summed E-state index contributed by atoms with van der Waals surface area (Å²) in [6.07, 6.45) is 3.33. The molecule has 3 aromatic rings. The molecule has 2 heterocycles. The maximum Gasteiger partial charge on any atom is 0.268 e. The van der Waals surface area contributed by atoms with Gasteiger partial charge >= 0.3 is 0 Å². The Labute approximate surface area is 159 Å². The molecule has 0 bridgehead atoms. The fourth-order valence-electron chi connectivity index (χ4n) is 2.32. The fraction of sp³-hybridized carbons (Fsp3) is 0.167. The van der Waals surface area contributed by atoms with Gasteiger partial charge in [-0.15, -0.1) is 0 Å². The van der Waals surface area contributed by atoms with Crippen LogP contribution in [0.5, 0.6) is 0 Å². The van der Waals surface area contributed by atoms with E-state index in [-0.39, 0.29) is 5.91 Å². The highest BCUT2D eigenvalue weighted by molar-refractivity contribution is 7.08. The van der Waals surface area contributed by atoms with E-state index in [0.717, 1.165) is 33.8 Å². The number of rotatable bonds is 6. The minimum absolute atomic E-state index is 0.220. The van der Waals surface area contributed by atoms with E-state index in [9.17, 15) is 4.79 Å². The second-order valence-corrected chi connectivity index (χ2v) is 6.68. The van der Waals surface area contributed by atoms with Gasteiger partial charge in [0.1, 0.15) is 17.3 Å². The number of nitrogens with one attached hydrogen (secondary N) is 1. The molecule has 6 nitrogen and oxygen atoms in total. The summed E-state index contributed by atoms with van der Waals surface area (Å²) in [5.41, 5.74) is 3.42. The van der Waals surface area contributed by atoms with Crippen LogP contribution in [0, 0.1) is 6.92 Å². The first kappa shape index (κ1) is 18.5. The predicted molar refractivity (Wildman–Crippen MR) is 101 cm³/mol. The Hall–Kier alpha value is -2.32. The number of amides is 1. The van der Waals surface area contributed by atoms with E-state index in [1.54, 1.807) is 24.5 Å². The van der Waals surface area contributed by atoms with Crippen molar-refractivity contribution < 1.29 is 14.6 Å². The Bertz CT molecular complexity index is 912. The summed E-state index contributed by atoms with van der Waals surface area (Å²) in [4.78, 5) is 26.7. The van der Waals surface area contributed by atoms with Crippen molar-refractivity contribution in [3.05, 3.63) is 63.8 Å². The quantitative estimate of drug-likeness (QED) is 0.496. The molecule has 0 saturated heterocycles. The topological polar surface area (TPSA) is 73.3 Å². The first-order valence-electron chi connectivity index (χ1n) is 7.71. The lowest BCUT2D eigenvalue weighted by atomic mass is 10.0. The maximum absolute atomic E-state index is 12.2. The van der Waals surface area contributed by atoms with Gasteiger partial charge < -0.3 is 5.32 Å². The molecule has 0 atom stereocenters. The summed E-state index contributed by atoms with van der Waals surface area (Å²) in [6.45, 7) is 2.16. The lowest BCUT2D eigenvalue weighted by Gasteiger charge is -2.09. The number of nitrogens with zero attached hydrogens (tertiary/aromatic N) is 2. The minimum Gasteiger partial charge on any atom is -0.306 e. The molecule has 0 fully saturated rings. The summed E-state index contributed by atoms with van der Waals surface area (Å²) >= 11 is 7.46. The molecule has 8 heteroatoms. The van der Waals surface area contributed by atoms with Crippen LogP contribution in [-0.4, -0.2) is 22.4 Å². The van der Waals surface area contributed by atoms with Gasteiger partial charge in [0.2, 0.25) is 0 Å². The van der Waals surface area contributed by atoms with Crippen LogP contribution in [0.3, 0.4) is 0 Å². The molecule has 0 aliphatic carbocycles. The lowest BCUT2D eigenvalue weighted by molar-refractivity contribution is -0.282. The summed E-state index contributed by atoms with van der Waals surface area (Å²) in [6, 6.07) is 9.16. The number of halogens is 1. The predicted octanol–water partition coefficient (Wildman–Crippen LogP) is 4.50. The van der Waals surface area contributed by atoms with Crippen LogP contribution in [0.1, 0.15) is 20.8 Å². The average molecular weight is 390 g/mol. The molecule has 0 unspecified atom stereocenters. The van der Waals surface area contributed by atoms with E-state index in [1.165, 1.54) is 7.11 Å². The zero-order chi connectivity index (χ0) is 18.5. The highest BCUT2D eigenvalue weighted by Gasteiger charge is 2.13. The number of aryl methyl sites for hydroxylation is 1. The second kappa shape index (κ2) is 8.37. The normalized spacial score (nSPS) is 10.7. The van der Waals surface area contributed by atoms with Gasteiger partial charge in [-0.1, -0.05) is 17.7 Å². The van der Waals surface area contributed by atoms with E-state index in [4.69, 9.17) is 16.5 Å². The second-order valence-electron chi connectivity index (χ2n) is 5.47. The average Bonchev–Trinajstić information content (AvgIpc) is 3.08. The SMILES string of the molecule is COOCc1ccc(Cl)c(-c2ccc(NC(=O)c3sncc3C)nc2)c1. The molecule has 2 aromatic heterocycles. The zero-order valence-corrected chi connectivity index (χ0v) is 15.7. The third-order valence-electron chi connectivity index (χ3n) is 3.65. The van der Waals surface area contributed by atoms with Crippen LogP contribution >= 0.6 is 23.1 Å². The minimum atomic E-state index is -0.220. The number of anilines is 1. The molecule has 1 aromatic carbocycles. The molecule has 26 heavy (non-hydrogen) atoms. The van der Waals surface area contributed by atoms with E-state index in [0.29, 0.717) is 22.3 Å². The van der Waals surface area contributed by atoms with Crippen LogP contribution in [0.4, 0.5) is 5.82 Å². The zero-order valence-electron chi connectivity index (χ0n) is 14.2. The number of carbonyl (C=O) groups is 1. The van der Waals surface area contributed by atoms with Gasteiger partial charge in [0.25, 0.3) is 5.91 Å². The van der Waals surface area contributed by atoms with Crippen LogP contribution < -0.4 is 5.32 Å². The Morgan fingerprint density at radius 1 is 1.27 bits per heavy atom. The van der Waals surface area contributed by atoms with Crippen molar-refractivity contribution >= 4 is 34.9 Å². The van der Waals surface area contributed by atoms with Crippen molar-refractivity contribution in [2.24, 2.45) is 0 Å². The molecule has 0 saturated carbocycles. The standard InChI is InChI=1S/C18H16ClN3O3S/c1-11-8-21-26-17(11)18(23)22-16-6-4-13(9-20-16)14-7-12(10-25-24-2)3-5-15(14)19/h3-9H,10H2,1-2H3,(H,20,22,23). The summed E-state index contributed by atoms with van der Waals surface area (Å²) < 4.78 is 4.00. The molecule has 3 rings (SSSR count). The lowest BCUT2D eigenvalue weighted by Crippen LogP contribution is -2.12. The van der Waals surface area contributed by atoms with E-state index in [1.807, 2.05) is 25.1 Å². The van der Waals surface area contributed by atoms with Crippen LogP contribution in [0.25, 0.3) is 11.1 Å². The van der Waals surface area contributed by atoms with Crippen molar-refractivity contribution in [2.45, 2.75) is 13.5 Å². The van der Waals surface area contributed by atoms with Gasteiger partial charge in [-0.2, -0.15) is 0 Å². The third-order valence-corrected chi connectivity index (χ3v) is 4.88. The molecule has 1 amide bonds. The van der Waals surface area contributed by atoms with E-state index in [2.05, 4.69) is 19.6 Å².